The van der Waals surface area contributed by atoms with Gasteiger partial charge in [-0.3, -0.25) is 14.5 Å². The third kappa shape index (κ3) is 5.56. The Kier molecular flexibility index (Phi) is 8.03. The van der Waals surface area contributed by atoms with Crippen molar-refractivity contribution in [3.8, 4) is 23.0 Å². The van der Waals surface area contributed by atoms with Gasteiger partial charge in [-0.05, 0) is 23.6 Å². The van der Waals surface area contributed by atoms with Crippen LogP contribution in [0, 0.1) is 0 Å². The van der Waals surface area contributed by atoms with Crippen molar-refractivity contribution in [3.05, 3.63) is 80.9 Å². The summed E-state index contributed by atoms with van der Waals surface area (Å²) in [5.41, 5.74) is 2.41. The molecule has 37 heavy (non-hydrogen) atoms. The number of carbonyl (C=O) groups is 1. The van der Waals surface area contributed by atoms with Crippen LogP contribution in [-0.2, 0) is 29.0 Å². The average molecular weight is 510 g/mol. The zero-order chi connectivity index (χ0) is 26.5. The Morgan fingerprint density at radius 3 is 2.35 bits per heavy atom. The Morgan fingerprint density at radius 2 is 1.68 bits per heavy atom. The molecule has 0 saturated carbocycles. The Bertz CT molecular complexity index is 1330. The van der Waals surface area contributed by atoms with Gasteiger partial charge in [-0.15, -0.1) is 0 Å². The second-order valence-electron chi connectivity index (χ2n) is 8.80. The molecule has 0 spiro atoms. The van der Waals surface area contributed by atoms with Gasteiger partial charge >= 0.3 is 5.97 Å². The normalized spacial score (nSPS) is 13.9. The molecule has 0 amide bonds. The van der Waals surface area contributed by atoms with E-state index in [2.05, 4.69) is 17.0 Å². The summed E-state index contributed by atoms with van der Waals surface area (Å²) in [4.78, 5) is 27.5. The Morgan fingerprint density at radius 1 is 1.00 bits per heavy atom. The lowest BCUT2D eigenvalue weighted by atomic mass is 9.91. The zero-order valence-corrected chi connectivity index (χ0v) is 21.4. The predicted octanol–water partition coefficient (Wildman–Crippen LogP) is 3.62. The molecule has 2 aromatic carbocycles. The van der Waals surface area contributed by atoms with Crippen molar-refractivity contribution in [2.75, 3.05) is 35.0 Å². The van der Waals surface area contributed by atoms with Crippen LogP contribution in [0.4, 0.5) is 0 Å². The minimum atomic E-state index is -0.892. The number of nitrogens with zero attached hydrogens (tertiary/aromatic N) is 1. The first-order valence-corrected chi connectivity index (χ1v) is 11.9. The van der Waals surface area contributed by atoms with Gasteiger partial charge in [0.05, 0.1) is 47.3 Å². The molecule has 0 radical (unpaired) electrons. The number of methoxy groups -OCH3 is 4. The number of hydrogen-bond acceptors (Lipinski definition) is 9. The van der Waals surface area contributed by atoms with Crippen LogP contribution in [0.15, 0.2) is 51.7 Å². The standard InChI is InChI=1S/C28H31NO8/c1-33-23-14-25(35-3)24(34-2)12-20(23)21(13-26(31)36-4)28-27(32)22(30)11-19(37-28)16-29-10-9-17-7-5-6-8-18(17)15-29/h5-8,11-12,14,21,32H,9-10,13,15-16H2,1-4H3/t21-/m0/s1. The third-order valence-electron chi connectivity index (χ3n) is 6.62. The first kappa shape index (κ1) is 26.1. The highest BCUT2D eigenvalue weighted by molar-refractivity contribution is 5.72. The highest BCUT2D eigenvalue weighted by atomic mass is 16.5. The SMILES string of the molecule is COC(=O)C[C@@H](c1cc(OC)c(OC)cc1OC)c1oc(CN2CCc3ccccc3C2)cc(=O)c1O. The van der Waals surface area contributed by atoms with Crippen molar-refractivity contribution in [1.82, 2.24) is 4.90 Å². The molecule has 2 heterocycles. The molecular weight excluding hydrogens is 478 g/mol. The Balaban J connectivity index is 1.76. The van der Waals surface area contributed by atoms with Crippen LogP contribution in [-0.4, -0.2) is 51.0 Å². The van der Waals surface area contributed by atoms with Gasteiger partial charge in [0.25, 0.3) is 0 Å². The number of hydrogen-bond donors (Lipinski definition) is 1. The number of rotatable bonds is 9. The lowest BCUT2D eigenvalue weighted by molar-refractivity contribution is -0.140. The van der Waals surface area contributed by atoms with Crippen molar-refractivity contribution in [1.29, 1.82) is 0 Å². The third-order valence-corrected chi connectivity index (χ3v) is 6.62. The van der Waals surface area contributed by atoms with E-state index in [1.165, 1.54) is 45.6 Å². The smallest absolute Gasteiger partial charge is 0.306 e. The predicted molar refractivity (Wildman–Crippen MR) is 135 cm³/mol. The molecule has 1 aliphatic rings. The quantitative estimate of drug-likeness (QED) is 0.433. The zero-order valence-electron chi connectivity index (χ0n) is 21.4. The van der Waals surface area contributed by atoms with E-state index in [4.69, 9.17) is 23.4 Å². The van der Waals surface area contributed by atoms with Gasteiger partial charge in [0.2, 0.25) is 11.2 Å². The van der Waals surface area contributed by atoms with Crippen molar-refractivity contribution in [2.24, 2.45) is 0 Å². The van der Waals surface area contributed by atoms with E-state index in [0.717, 1.165) is 13.0 Å². The van der Waals surface area contributed by atoms with Crippen molar-refractivity contribution in [2.45, 2.75) is 31.8 Å². The highest BCUT2D eigenvalue weighted by Gasteiger charge is 2.31. The summed E-state index contributed by atoms with van der Waals surface area (Å²) in [7, 11) is 5.72. The largest absolute Gasteiger partial charge is 0.502 e. The number of carbonyl (C=O) groups excluding carboxylic acids is 1. The fraction of sp³-hybridized carbons (Fsp3) is 0.357. The van der Waals surface area contributed by atoms with Crippen molar-refractivity contribution in [3.63, 3.8) is 0 Å². The van der Waals surface area contributed by atoms with Gasteiger partial charge in [-0.25, -0.2) is 0 Å². The van der Waals surface area contributed by atoms with Crippen molar-refractivity contribution >= 4 is 5.97 Å². The van der Waals surface area contributed by atoms with E-state index in [1.807, 2.05) is 12.1 Å². The molecule has 0 bridgehead atoms. The Hall–Kier alpha value is -3.98. The van der Waals surface area contributed by atoms with Gasteiger partial charge in [0.15, 0.2) is 17.3 Å². The maximum Gasteiger partial charge on any atom is 0.306 e. The molecule has 1 aromatic heterocycles. The molecule has 1 N–H and O–H groups in total. The number of aromatic hydroxyl groups is 1. The summed E-state index contributed by atoms with van der Waals surface area (Å²) in [5.74, 6) is -0.505. The second-order valence-corrected chi connectivity index (χ2v) is 8.80. The van der Waals surface area contributed by atoms with Gasteiger partial charge in [-0.2, -0.15) is 0 Å². The molecule has 0 unspecified atom stereocenters. The fourth-order valence-corrected chi connectivity index (χ4v) is 4.70. The molecule has 0 fully saturated rings. The van der Waals surface area contributed by atoms with E-state index in [9.17, 15) is 14.7 Å². The minimum absolute atomic E-state index is 0.0455. The highest BCUT2D eigenvalue weighted by Crippen LogP contribution is 2.43. The molecule has 0 saturated heterocycles. The molecule has 4 rings (SSSR count). The van der Waals surface area contributed by atoms with Crippen LogP contribution < -0.4 is 19.6 Å². The molecule has 3 aromatic rings. The first-order chi connectivity index (χ1) is 17.9. The summed E-state index contributed by atoms with van der Waals surface area (Å²) in [6.07, 6.45) is 0.679. The van der Waals surface area contributed by atoms with E-state index < -0.39 is 23.1 Å². The first-order valence-electron chi connectivity index (χ1n) is 11.9. The molecule has 9 nitrogen and oxygen atoms in total. The van der Waals surface area contributed by atoms with Gasteiger partial charge in [0.1, 0.15) is 11.5 Å². The molecule has 1 aliphatic heterocycles. The van der Waals surface area contributed by atoms with Crippen LogP contribution >= 0.6 is 0 Å². The van der Waals surface area contributed by atoms with E-state index in [1.54, 1.807) is 12.1 Å². The minimum Gasteiger partial charge on any atom is -0.502 e. The molecule has 0 aliphatic carbocycles. The number of benzene rings is 2. The van der Waals surface area contributed by atoms with E-state index in [-0.39, 0.29) is 12.2 Å². The lowest BCUT2D eigenvalue weighted by Crippen LogP contribution is -2.30. The topological polar surface area (TPSA) is 108 Å². The number of ether oxygens (including phenoxy) is 4. The average Bonchev–Trinajstić information content (AvgIpc) is 2.92. The number of fused-ring (bicyclic) bond motifs is 1. The maximum absolute atomic E-state index is 12.8. The lowest BCUT2D eigenvalue weighted by Gasteiger charge is -2.28. The van der Waals surface area contributed by atoms with Gasteiger partial charge < -0.3 is 28.5 Å². The van der Waals surface area contributed by atoms with Crippen LogP contribution in [0.25, 0.3) is 0 Å². The molecule has 196 valence electrons. The maximum atomic E-state index is 12.8. The number of esters is 1. The summed E-state index contributed by atoms with van der Waals surface area (Å²) in [6, 6.07) is 12.8. The summed E-state index contributed by atoms with van der Waals surface area (Å²) in [6.45, 7) is 1.88. The second kappa shape index (κ2) is 11.4. The van der Waals surface area contributed by atoms with Gasteiger partial charge in [-0.1, -0.05) is 24.3 Å². The monoisotopic (exact) mass is 509 g/mol. The summed E-state index contributed by atoms with van der Waals surface area (Å²) in [5, 5.41) is 10.8. The van der Waals surface area contributed by atoms with Gasteiger partial charge in [0, 0.05) is 30.8 Å². The molecular formula is C28H31NO8. The molecule has 9 heteroatoms. The van der Waals surface area contributed by atoms with Crippen LogP contribution in [0.2, 0.25) is 0 Å². The van der Waals surface area contributed by atoms with Crippen LogP contribution in [0.1, 0.15) is 40.5 Å². The fourth-order valence-electron chi connectivity index (χ4n) is 4.70. The van der Waals surface area contributed by atoms with Crippen molar-refractivity contribution < 1.29 is 33.3 Å². The summed E-state index contributed by atoms with van der Waals surface area (Å²) < 4.78 is 27.4. The summed E-state index contributed by atoms with van der Waals surface area (Å²) >= 11 is 0. The van der Waals surface area contributed by atoms with Crippen LogP contribution in [0.3, 0.4) is 0 Å². The van der Waals surface area contributed by atoms with E-state index >= 15 is 0 Å². The molecule has 1 atom stereocenters. The van der Waals surface area contributed by atoms with Crippen LogP contribution in [0.5, 0.6) is 23.0 Å². The Labute approximate surface area is 215 Å². The van der Waals surface area contributed by atoms with E-state index in [0.29, 0.717) is 41.7 Å².